The van der Waals surface area contributed by atoms with Gasteiger partial charge >= 0.3 is 0 Å². The topological polar surface area (TPSA) is 80.6 Å². The van der Waals surface area contributed by atoms with Gasteiger partial charge in [-0.2, -0.15) is 0 Å². The molecule has 0 radical (unpaired) electrons. The molecule has 2 aliphatic rings. The normalized spacial score (nSPS) is 19.2. The molecule has 6 heteroatoms. The van der Waals surface area contributed by atoms with Crippen molar-refractivity contribution in [2.75, 3.05) is 12.4 Å². The van der Waals surface area contributed by atoms with Crippen LogP contribution in [0.4, 0.5) is 5.69 Å². The van der Waals surface area contributed by atoms with Gasteiger partial charge in [0, 0.05) is 23.4 Å². The molecule has 0 fully saturated rings. The van der Waals surface area contributed by atoms with E-state index in [1.807, 2.05) is 25.1 Å². The smallest absolute Gasteiger partial charge is 0.254 e. The van der Waals surface area contributed by atoms with Crippen LogP contribution in [0.1, 0.15) is 37.9 Å². The summed E-state index contributed by atoms with van der Waals surface area (Å²) in [5.41, 5.74) is 3.31. The largest absolute Gasteiger partial charge is 0.495 e. The van der Waals surface area contributed by atoms with E-state index < -0.39 is 5.92 Å². The summed E-state index contributed by atoms with van der Waals surface area (Å²) in [6, 6.07) is 10.8. The zero-order valence-corrected chi connectivity index (χ0v) is 15.9. The third-order valence-corrected chi connectivity index (χ3v) is 5.20. The Kier molecular flexibility index (Phi) is 4.77. The van der Waals surface area contributed by atoms with Gasteiger partial charge in [-0.15, -0.1) is 0 Å². The van der Waals surface area contributed by atoms with Gasteiger partial charge in [0.1, 0.15) is 11.5 Å². The number of hydrogen-bond donors (Lipinski definition) is 2. The molecule has 1 aliphatic carbocycles. The molecule has 6 nitrogen and oxygen atoms in total. The van der Waals surface area contributed by atoms with Crippen LogP contribution in [0.25, 0.3) is 0 Å². The third kappa shape index (κ3) is 3.11. The van der Waals surface area contributed by atoms with Gasteiger partial charge in [0.05, 0.1) is 30.6 Å². The lowest BCUT2D eigenvalue weighted by Gasteiger charge is -2.33. The van der Waals surface area contributed by atoms with E-state index in [1.165, 1.54) is 0 Å². The molecule has 0 spiro atoms. The molecule has 0 saturated heterocycles. The standard InChI is InChI=1S/C22H22N2O4/c1-13-19(22(26)24-14-7-3-4-10-17(14)27-2)21(18-11-6-12-28-18)20-15(23-13)8-5-9-16(20)25/h3-4,6-7,10-12,21,23H,5,8-9H2,1-2H3,(H,24,26). The van der Waals surface area contributed by atoms with Gasteiger partial charge in [0.25, 0.3) is 5.91 Å². The van der Waals surface area contributed by atoms with Crippen LogP contribution in [-0.2, 0) is 9.59 Å². The number of benzene rings is 1. The highest BCUT2D eigenvalue weighted by Gasteiger charge is 2.39. The molecule has 2 N–H and O–H groups in total. The molecular weight excluding hydrogens is 356 g/mol. The molecule has 0 bridgehead atoms. The summed E-state index contributed by atoms with van der Waals surface area (Å²) in [4.78, 5) is 26.0. The molecule has 144 valence electrons. The lowest BCUT2D eigenvalue weighted by atomic mass is 9.77. The van der Waals surface area contributed by atoms with Crippen LogP contribution in [0, 0.1) is 0 Å². The van der Waals surface area contributed by atoms with Gasteiger partial charge in [-0.1, -0.05) is 12.1 Å². The number of hydrogen-bond acceptors (Lipinski definition) is 5. The summed E-state index contributed by atoms with van der Waals surface area (Å²) >= 11 is 0. The first-order valence-electron chi connectivity index (χ1n) is 9.32. The maximum Gasteiger partial charge on any atom is 0.254 e. The summed E-state index contributed by atoms with van der Waals surface area (Å²) < 4.78 is 11.0. The van der Waals surface area contributed by atoms with Crippen LogP contribution in [-0.4, -0.2) is 18.8 Å². The highest BCUT2D eigenvalue weighted by atomic mass is 16.5. The molecule has 1 unspecified atom stereocenters. The zero-order valence-electron chi connectivity index (χ0n) is 15.9. The number of allylic oxidation sites excluding steroid dienone is 3. The summed E-state index contributed by atoms with van der Waals surface area (Å²) in [6.07, 6.45) is 3.65. The summed E-state index contributed by atoms with van der Waals surface area (Å²) in [5.74, 6) is 0.412. The first-order valence-corrected chi connectivity index (χ1v) is 9.32. The number of anilines is 1. The van der Waals surface area contributed by atoms with Crippen LogP contribution in [0.3, 0.4) is 0 Å². The van der Waals surface area contributed by atoms with Crippen molar-refractivity contribution in [3.05, 3.63) is 71.0 Å². The maximum atomic E-state index is 13.3. The van der Waals surface area contributed by atoms with E-state index in [0.717, 1.165) is 24.2 Å². The van der Waals surface area contributed by atoms with Gasteiger partial charge in [-0.3, -0.25) is 9.59 Å². The molecule has 2 aromatic rings. The minimum atomic E-state index is -0.520. The van der Waals surface area contributed by atoms with E-state index in [0.29, 0.717) is 34.8 Å². The first kappa shape index (κ1) is 18.1. The van der Waals surface area contributed by atoms with Crippen LogP contribution >= 0.6 is 0 Å². The maximum absolute atomic E-state index is 13.3. The molecular formula is C22H22N2O4. The molecule has 1 aliphatic heterocycles. The summed E-state index contributed by atoms with van der Waals surface area (Å²) in [5, 5.41) is 6.22. The van der Waals surface area contributed by atoms with Crippen molar-refractivity contribution < 1.29 is 18.7 Å². The van der Waals surface area contributed by atoms with E-state index in [9.17, 15) is 9.59 Å². The average Bonchev–Trinajstić information content (AvgIpc) is 3.22. The van der Waals surface area contributed by atoms with Crippen molar-refractivity contribution >= 4 is 17.4 Å². The second-order valence-electron chi connectivity index (χ2n) is 6.94. The molecule has 28 heavy (non-hydrogen) atoms. The van der Waals surface area contributed by atoms with Crippen LogP contribution in [0.5, 0.6) is 5.75 Å². The highest BCUT2D eigenvalue weighted by molar-refractivity contribution is 6.10. The number of dihydropyridines is 1. The second kappa shape index (κ2) is 7.38. The number of nitrogens with one attached hydrogen (secondary N) is 2. The Balaban J connectivity index is 1.76. The molecule has 1 aromatic heterocycles. The number of amides is 1. The Morgan fingerprint density at radius 1 is 1.21 bits per heavy atom. The Morgan fingerprint density at radius 2 is 2.04 bits per heavy atom. The quantitative estimate of drug-likeness (QED) is 0.844. The number of methoxy groups -OCH3 is 1. The Morgan fingerprint density at radius 3 is 2.79 bits per heavy atom. The number of para-hydroxylation sites is 2. The average molecular weight is 378 g/mol. The number of carbonyl (C=O) groups is 2. The van der Waals surface area contributed by atoms with Crippen LogP contribution < -0.4 is 15.4 Å². The van der Waals surface area contributed by atoms with Crippen LogP contribution in [0.2, 0.25) is 0 Å². The Hall–Kier alpha value is -3.28. The number of Topliss-reactive ketones (excluding diaryl/α,β-unsaturated/α-hetero) is 1. The third-order valence-electron chi connectivity index (χ3n) is 5.20. The lowest BCUT2D eigenvalue weighted by molar-refractivity contribution is -0.116. The van der Waals surface area contributed by atoms with Crippen molar-refractivity contribution in [3.8, 4) is 5.75 Å². The Labute approximate surface area is 163 Å². The van der Waals surface area contributed by atoms with E-state index >= 15 is 0 Å². The molecule has 2 heterocycles. The number of ketones is 1. The lowest BCUT2D eigenvalue weighted by Crippen LogP contribution is -2.35. The monoisotopic (exact) mass is 378 g/mol. The summed E-state index contributed by atoms with van der Waals surface area (Å²) in [6.45, 7) is 1.86. The zero-order chi connectivity index (χ0) is 19.7. The molecule has 1 amide bonds. The SMILES string of the molecule is COc1ccccc1NC(=O)C1=C(C)NC2=C(C(=O)CCC2)C1c1ccco1. The van der Waals surface area contributed by atoms with Gasteiger partial charge in [-0.25, -0.2) is 0 Å². The highest BCUT2D eigenvalue weighted by Crippen LogP contribution is 2.42. The van der Waals surface area contributed by atoms with Gasteiger partial charge < -0.3 is 19.8 Å². The van der Waals surface area contributed by atoms with E-state index in [4.69, 9.17) is 9.15 Å². The van der Waals surface area contributed by atoms with Crippen LogP contribution in [0.15, 0.2) is 69.6 Å². The van der Waals surface area contributed by atoms with Gasteiger partial charge in [0.2, 0.25) is 0 Å². The number of rotatable bonds is 4. The van der Waals surface area contributed by atoms with E-state index in [1.54, 1.807) is 31.6 Å². The number of furan rings is 1. The number of carbonyl (C=O) groups excluding carboxylic acids is 2. The first-order chi connectivity index (χ1) is 13.6. The van der Waals surface area contributed by atoms with Crippen molar-refractivity contribution in [1.82, 2.24) is 5.32 Å². The fraction of sp³-hybridized carbons (Fsp3) is 0.273. The number of ether oxygens (including phenoxy) is 1. The molecule has 4 rings (SSSR count). The fourth-order valence-electron chi connectivity index (χ4n) is 3.96. The van der Waals surface area contributed by atoms with E-state index in [2.05, 4.69) is 10.6 Å². The minimum absolute atomic E-state index is 0.0604. The van der Waals surface area contributed by atoms with Gasteiger partial charge in [-0.05, 0) is 44.0 Å². The minimum Gasteiger partial charge on any atom is -0.495 e. The molecule has 1 atom stereocenters. The second-order valence-corrected chi connectivity index (χ2v) is 6.94. The van der Waals surface area contributed by atoms with Crippen molar-refractivity contribution in [2.24, 2.45) is 0 Å². The van der Waals surface area contributed by atoms with Gasteiger partial charge in [0.15, 0.2) is 5.78 Å². The predicted molar refractivity (Wildman–Crippen MR) is 105 cm³/mol. The van der Waals surface area contributed by atoms with Crippen molar-refractivity contribution in [1.29, 1.82) is 0 Å². The Bertz CT molecular complexity index is 986. The molecule has 0 saturated carbocycles. The predicted octanol–water partition coefficient (Wildman–Crippen LogP) is 3.89. The van der Waals surface area contributed by atoms with Crippen molar-refractivity contribution in [3.63, 3.8) is 0 Å². The fourth-order valence-corrected chi connectivity index (χ4v) is 3.96. The molecule has 1 aromatic carbocycles. The summed E-state index contributed by atoms with van der Waals surface area (Å²) in [7, 11) is 1.56. The van der Waals surface area contributed by atoms with Crippen molar-refractivity contribution in [2.45, 2.75) is 32.1 Å². The van der Waals surface area contributed by atoms with E-state index in [-0.39, 0.29) is 11.7 Å².